The number of rotatable bonds is 5. The van der Waals surface area contributed by atoms with Gasteiger partial charge in [-0.1, -0.05) is 40.7 Å². The smallest absolute Gasteiger partial charge is 0.273 e. The van der Waals surface area contributed by atoms with Crippen LogP contribution in [0.2, 0.25) is 0 Å². The Morgan fingerprint density at radius 3 is 2.81 bits per heavy atom. The summed E-state index contributed by atoms with van der Waals surface area (Å²) in [5, 5.41) is 24.3. The fraction of sp³-hybridized carbons (Fsp3) is 0.333. The van der Waals surface area contributed by atoms with Crippen LogP contribution in [-0.4, -0.2) is 37.2 Å². The number of carbonyl (C=O) groups is 1. The van der Waals surface area contributed by atoms with Gasteiger partial charge in [0.2, 0.25) is 0 Å². The van der Waals surface area contributed by atoms with Crippen LogP contribution >= 0.6 is 0 Å². The van der Waals surface area contributed by atoms with Gasteiger partial charge in [0.1, 0.15) is 5.69 Å². The maximum Gasteiger partial charge on any atom is 0.273 e. The lowest BCUT2D eigenvalue weighted by molar-refractivity contribution is 0.0878. The highest BCUT2D eigenvalue weighted by molar-refractivity contribution is 5.93. The van der Waals surface area contributed by atoms with Crippen LogP contribution in [0.3, 0.4) is 0 Å². The lowest BCUT2D eigenvalue weighted by atomic mass is 9.87. The number of nitrogens with one attached hydrogen (secondary N) is 1. The van der Waals surface area contributed by atoms with Crippen molar-refractivity contribution in [2.45, 2.75) is 38.0 Å². The van der Waals surface area contributed by atoms with E-state index < -0.39 is 6.10 Å². The number of benzene rings is 1. The predicted octanol–water partition coefficient (Wildman–Crippen LogP) is 2.12. The Kier molecular flexibility index (Phi) is 4.26. The minimum Gasteiger partial charge on any atom is -0.387 e. The monoisotopic (exact) mass is 353 g/mol. The van der Waals surface area contributed by atoms with Crippen molar-refractivity contribution in [1.82, 2.24) is 25.5 Å². The Bertz CT molecular complexity index is 896. The minimum atomic E-state index is -0.634. The Morgan fingerprint density at radius 1 is 1.35 bits per heavy atom. The molecule has 0 aliphatic heterocycles. The maximum atomic E-state index is 12.3. The molecule has 0 unspecified atom stereocenters. The van der Waals surface area contributed by atoms with Crippen molar-refractivity contribution < 1.29 is 14.4 Å². The van der Waals surface area contributed by atoms with E-state index in [0.717, 1.165) is 18.4 Å². The molecule has 1 aliphatic carbocycles. The van der Waals surface area contributed by atoms with Gasteiger partial charge in [-0.25, -0.2) is 4.68 Å². The molecular weight excluding hydrogens is 334 g/mol. The first kappa shape index (κ1) is 16.5. The Balaban J connectivity index is 1.33. The fourth-order valence-electron chi connectivity index (χ4n) is 2.96. The Morgan fingerprint density at radius 2 is 2.12 bits per heavy atom. The number of aliphatic hydroxyl groups excluding tert-OH is 1. The average molecular weight is 353 g/mol. The van der Waals surface area contributed by atoms with E-state index in [4.69, 9.17) is 4.52 Å². The standard InChI is InChI=1S/C18H19N5O3/c1-11(24)16-10-23(22-20-16)14-7-13(8-14)19-18(25)15-9-17(26-21-15)12-5-3-2-4-6-12/h2-6,9-11,13-14,24H,7-8H2,1H3,(H,19,25)/t11-,13-,14+/m0/s1. The van der Waals surface area contributed by atoms with Crippen LogP contribution in [-0.2, 0) is 0 Å². The van der Waals surface area contributed by atoms with Crippen molar-refractivity contribution in [3.63, 3.8) is 0 Å². The molecule has 26 heavy (non-hydrogen) atoms. The van der Waals surface area contributed by atoms with Crippen LogP contribution in [0.1, 0.15) is 48.1 Å². The van der Waals surface area contributed by atoms with Crippen LogP contribution < -0.4 is 5.32 Å². The van der Waals surface area contributed by atoms with Gasteiger partial charge in [0.05, 0.1) is 18.3 Å². The molecule has 134 valence electrons. The minimum absolute atomic E-state index is 0.0589. The molecule has 4 rings (SSSR count). The first-order valence-corrected chi connectivity index (χ1v) is 8.53. The zero-order chi connectivity index (χ0) is 18.1. The van der Waals surface area contributed by atoms with E-state index in [9.17, 15) is 9.90 Å². The van der Waals surface area contributed by atoms with Gasteiger partial charge < -0.3 is 14.9 Å². The number of aliphatic hydroxyl groups is 1. The summed E-state index contributed by atoms with van der Waals surface area (Å²) < 4.78 is 7.01. The molecule has 3 aromatic rings. The lowest BCUT2D eigenvalue weighted by Crippen LogP contribution is -2.45. The van der Waals surface area contributed by atoms with Crippen LogP contribution in [0.25, 0.3) is 11.3 Å². The highest BCUT2D eigenvalue weighted by Gasteiger charge is 2.33. The highest BCUT2D eigenvalue weighted by Crippen LogP contribution is 2.32. The van der Waals surface area contributed by atoms with Gasteiger partial charge in [0.25, 0.3) is 5.91 Å². The number of carbonyl (C=O) groups excluding carboxylic acids is 1. The number of aromatic nitrogens is 4. The van der Waals surface area contributed by atoms with E-state index in [0.29, 0.717) is 11.5 Å². The Labute approximate surface area is 149 Å². The molecule has 2 aromatic heterocycles. The van der Waals surface area contributed by atoms with Crippen molar-refractivity contribution in [1.29, 1.82) is 0 Å². The summed E-state index contributed by atoms with van der Waals surface area (Å²) in [6, 6.07) is 11.4. The van der Waals surface area contributed by atoms with Gasteiger partial charge >= 0.3 is 0 Å². The molecular formula is C18H19N5O3. The topological polar surface area (TPSA) is 106 Å². The second-order valence-corrected chi connectivity index (χ2v) is 6.54. The zero-order valence-electron chi connectivity index (χ0n) is 14.2. The van der Waals surface area contributed by atoms with Gasteiger partial charge in [-0.05, 0) is 19.8 Å². The van der Waals surface area contributed by atoms with Gasteiger partial charge in [-0.15, -0.1) is 5.10 Å². The SMILES string of the molecule is C[C@H](O)c1cn([C@H]2C[C@@H](NC(=O)c3cc(-c4ccccc4)on3)C2)nn1. The molecule has 1 fully saturated rings. The van der Waals surface area contributed by atoms with Gasteiger partial charge in [-0.3, -0.25) is 4.79 Å². The second-order valence-electron chi connectivity index (χ2n) is 6.54. The summed E-state index contributed by atoms with van der Waals surface area (Å²) in [7, 11) is 0. The fourth-order valence-corrected chi connectivity index (χ4v) is 2.96. The van der Waals surface area contributed by atoms with Crippen molar-refractivity contribution >= 4 is 5.91 Å². The van der Waals surface area contributed by atoms with E-state index in [1.165, 1.54) is 0 Å². The van der Waals surface area contributed by atoms with Gasteiger partial charge in [0, 0.05) is 17.7 Å². The van der Waals surface area contributed by atoms with E-state index >= 15 is 0 Å². The molecule has 0 spiro atoms. The van der Waals surface area contributed by atoms with Crippen molar-refractivity contribution in [2.75, 3.05) is 0 Å². The van der Waals surface area contributed by atoms with E-state index in [2.05, 4.69) is 20.8 Å². The second kappa shape index (κ2) is 6.72. The van der Waals surface area contributed by atoms with Gasteiger partial charge in [-0.2, -0.15) is 0 Å². The van der Waals surface area contributed by atoms with Crippen LogP contribution in [0, 0.1) is 0 Å². The number of hydrogen-bond acceptors (Lipinski definition) is 6. The predicted molar refractivity (Wildman–Crippen MR) is 92.1 cm³/mol. The Hall–Kier alpha value is -3.00. The molecule has 1 aliphatic rings. The number of amides is 1. The molecule has 1 aromatic carbocycles. The normalized spacial score (nSPS) is 20.4. The van der Waals surface area contributed by atoms with Crippen LogP contribution in [0.5, 0.6) is 0 Å². The highest BCUT2D eigenvalue weighted by atomic mass is 16.5. The molecule has 0 saturated heterocycles. The molecule has 0 radical (unpaired) electrons. The molecule has 1 saturated carbocycles. The van der Waals surface area contributed by atoms with E-state index in [1.807, 2.05) is 30.3 Å². The summed E-state index contributed by atoms with van der Waals surface area (Å²) >= 11 is 0. The van der Waals surface area contributed by atoms with Crippen molar-refractivity contribution in [3.05, 3.63) is 54.0 Å². The third kappa shape index (κ3) is 3.23. The quantitative estimate of drug-likeness (QED) is 0.728. The molecule has 0 bridgehead atoms. The third-order valence-electron chi connectivity index (χ3n) is 4.58. The van der Waals surface area contributed by atoms with Crippen molar-refractivity contribution in [2.24, 2.45) is 0 Å². The first-order valence-electron chi connectivity index (χ1n) is 8.53. The van der Waals surface area contributed by atoms with E-state index in [-0.39, 0.29) is 23.7 Å². The largest absolute Gasteiger partial charge is 0.387 e. The first-order chi connectivity index (χ1) is 12.6. The maximum absolute atomic E-state index is 12.3. The third-order valence-corrected chi connectivity index (χ3v) is 4.58. The summed E-state index contributed by atoms with van der Waals surface area (Å²) in [4.78, 5) is 12.3. The summed E-state index contributed by atoms with van der Waals surface area (Å²) in [6.07, 6.45) is 2.64. The lowest BCUT2D eigenvalue weighted by Gasteiger charge is -2.35. The molecule has 2 heterocycles. The summed E-state index contributed by atoms with van der Waals surface area (Å²) in [6.45, 7) is 1.65. The molecule has 1 atom stereocenters. The molecule has 2 N–H and O–H groups in total. The summed E-state index contributed by atoms with van der Waals surface area (Å²) in [5.74, 6) is 0.318. The van der Waals surface area contributed by atoms with Crippen LogP contribution in [0.4, 0.5) is 0 Å². The number of nitrogens with zero attached hydrogens (tertiary/aromatic N) is 4. The molecule has 8 heteroatoms. The summed E-state index contributed by atoms with van der Waals surface area (Å²) in [5.41, 5.74) is 1.70. The number of hydrogen-bond donors (Lipinski definition) is 2. The van der Waals surface area contributed by atoms with Crippen LogP contribution in [0.15, 0.2) is 47.1 Å². The van der Waals surface area contributed by atoms with E-state index in [1.54, 1.807) is 23.9 Å². The van der Waals surface area contributed by atoms with Crippen molar-refractivity contribution in [3.8, 4) is 11.3 Å². The molecule has 8 nitrogen and oxygen atoms in total. The van der Waals surface area contributed by atoms with Gasteiger partial charge in [0.15, 0.2) is 11.5 Å². The average Bonchev–Trinajstić information content (AvgIpc) is 3.28. The molecule has 1 amide bonds. The zero-order valence-corrected chi connectivity index (χ0v) is 14.2.